The summed E-state index contributed by atoms with van der Waals surface area (Å²) in [7, 11) is 0. The van der Waals surface area contributed by atoms with Crippen molar-refractivity contribution in [3.63, 3.8) is 0 Å². The molecule has 3 N–H and O–H groups in total. The second-order valence-electron chi connectivity index (χ2n) is 8.80. The zero-order chi connectivity index (χ0) is 20.3. The molecule has 0 aliphatic heterocycles. The summed E-state index contributed by atoms with van der Waals surface area (Å²) < 4.78 is 0. The van der Waals surface area contributed by atoms with E-state index in [0.717, 1.165) is 12.8 Å². The molecular formula is C23H34O4. The molecule has 27 heavy (non-hydrogen) atoms. The summed E-state index contributed by atoms with van der Waals surface area (Å²) >= 11 is 0. The lowest BCUT2D eigenvalue weighted by Gasteiger charge is -2.61. The van der Waals surface area contributed by atoms with Gasteiger partial charge in [0.2, 0.25) is 0 Å². The van der Waals surface area contributed by atoms with Crippen LogP contribution in [-0.4, -0.2) is 39.9 Å². The lowest BCUT2D eigenvalue weighted by atomic mass is 9.44. The van der Waals surface area contributed by atoms with Crippen LogP contribution in [0.25, 0.3) is 0 Å². The smallest absolute Gasteiger partial charge is 0.162 e. The first kappa shape index (κ1) is 21.8. The Hall–Kier alpha value is -1.49. The van der Waals surface area contributed by atoms with Crippen LogP contribution in [0.4, 0.5) is 0 Å². The molecular weight excluding hydrogens is 340 g/mol. The number of carbonyl (C=O) groups excluding carboxylic acids is 1. The maximum atomic E-state index is 13.1. The number of aliphatic hydroxyl groups excluding tert-OH is 2. The summed E-state index contributed by atoms with van der Waals surface area (Å²) in [4.78, 5) is 13.1. The number of fused-ring (bicyclic) bond motifs is 1. The van der Waals surface area contributed by atoms with Gasteiger partial charge in [0.25, 0.3) is 0 Å². The van der Waals surface area contributed by atoms with Crippen molar-refractivity contribution >= 4 is 5.78 Å². The number of aliphatic hydroxyl groups is 3. The van der Waals surface area contributed by atoms with Crippen molar-refractivity contribution in [1.29, 1.82) is 0 Å². The molecule has 2 aliphatic carbocycles. The predicted molar refractivity (Wildman–Crippen MR) is 108 cm³/mol. The third-order valence-corrected chi connectivity index (χ3v) is 6.78. The molecule has 4 heteroatoms. The third kappa shape index (κ3) is 3.75. The van der Waals surface area contributed by atoms with E-state index in [4.69, 9.17) is 0 Å². The summed E-state index contributed by atoms with van der Waals surface area (Å²) in [5, 5.41) is 31.3. The third-order valence-electron chi connectivity index (χ3n) is 6.78. The molecule has 0 aromatic rings. The van der Waals surface area contributed by atoms with Crippen molar-refractivity contribution in [2.24, 2.45) is 22.7 Å². The van der Waals surface area contributed by atoms with E-state index in [9.17, 15) is 20.1 Å². The van der Waals surface area contributed by atoms with Crippen molar-refractivity contribution in [3.05, 3.63) is 48.1 Å². The van der Waals surface area contributed by atoms with Gasteiger partial charge in [0.05, 0.1) is 13.2 Å². The molecule has 0 aromatic heterocycles. The SMILES string of the molecule is C/C=C/C=C/C=C/C(=O)[C@@H]1C=C(CO)[C@](O)(CO)[C@@]2(C)CCCC(C)(C)[C@H]12. The quantitative estimate of drug-likeness (QED) is 0.378. The highest BCUT2D eigenvalue weighted by Crippen LogP contribution is 2.62. The van der Waals surface area contributed by atoms with E-state index in [-0.39, 0.29) is 23.7 Å². The number of allylic oxidation sites excluding steroid dienone is 7. The van der Waals surface area contributed by atoms with Gasteiger partial charge in [-0.3, -0.25) is 4.79 Å². The maximum Gasteiger partial charge on any atom is 0.162 e. The average Bonchev–Trinajstić information content (AvgIpc) is 2.62. The first-order valence-electron chi connectivity index (χ1n) is 9.83. The fraction of sp³-hybridized carbons (Fsp3) is 0.609. The Morgan fingerprint density at radius 3 is 2.41 bits per heavy atom. The van der Waals surface area contributed by atoms with Crippen LogP contribution in [0.3, 0.4) is 0 Å². The van der Waals surface area contributed by atoms with Crippen LogP contribution < -0.4 is 0 Å². The average molecular weight is 375 g/mol. The van der Waals surface area contributed by atoms with Gasteiger partial charge < -0.3 is 15.3 Å². The minimum Gasteiger partial charge on any atom is -0.393 e. The number of carbonyl (C=O) groups is 1. The molecule has 2 aliphatic rings. The van der Waals surface area contributed by atoms with Crippen molar-refractivity contribution in [1.82, 2.24) is 0 Å². The lowest BCUT2D eigenvalue weighted by molar-refractivity contribution is -0.178. The topological polar surface area (TPSA) is 77.8 Å². The predicted octanol–water partition coefficient (Wildman–Crippen LogP) is 3.35. The summed E-state index contributed by atoms with van der Waals surface area (Å²) in [6, 6.07) is 0. The van der Waals surface area contributed by atoms with Crippen molar-refractivity contribution in [3.8, 4) is 0 Å². The molecule has 0 radical (unpaired) electrons. The van der Waals surface area contributed by atoms with E-state index < -0.39 is 23.5 Å². The van der Waals surface area contributed by atoms with Gasteiger partial charge in [-0.15, -0.1) is 0 Å². The largest absolute Gasteiger partial charge is 0.393 e. The molecule has 4 nitrogen and oxygen atoms in total. The Bertz CT molecular complexity index is 670. The highest BCUT2D eigenvalue weighted by Gasteiger charge is 2.63. The first-order chi connectivity index (χ1) is 12.7. The fourth-order valence-corrected chi connectivity index (χ4v) is 5.46. The Morgan fingerprint density at radius 1 is 1.15 bits per heavy atom. The van der Waals surface area contributed by atoms with Crippen molar-refractivity contribution in [2.75, 3.05) is 13.2 Å². The molecule has 0 heterocycles. The van der Waals surface area contributed by atoms with Gasteiger partial charge in [0.1, 0.15) is 5.60 Å². The Morgan fingerprint density at radius 2 is 1.81 bits per heavy atom. The molecule has 2 rings (SSSR count). The molecule has 0 amide bonds. The second kappa shape index (κ2) is 8.26. The van der Waals surface area contributed by atoms with Crippen molar-refractivity contribution in [2.45, 2.75) is 52.6 Å². The van der Waals surface area contributed by atoms with E-state index in [0.29, 0.717) is 12.0 Å². The highest BCUT2D eigenvalue weighted by molar-refractivity contribution is 5.94. The van der Waals surface area contributed by atoms with E-state index in [2.05, 4.69) is 13.8 Å². The maximum absolute atomic E-state index is 13.1. The molecule has 1 fully saturated rings. The van der Waals surface area contributed by atoms with Gasteiger partial charge in [0, 0.05) is 11.3 Å². The van der Waals surface area contributed by atoms with E-state index in [1.165, 1.54) is 0 Å². The Balaban J connectivity index is 2.51. The number of rotatable bonds is 6. The molecule has 0 unspecified atom stereocenters. The summed E-state index contributed by atoms with van der Waals surface area (Å²) in [5.74, 6) is -0.578. The van der Waals surface area contributed by atoms with Crippen LogP contribution in [0.5, 0.6) is 0 Å². The van der Waals surface area contributed by atoms with E-state index in [1.54, 1.807) is 18.2 Å². The zero-order valence-corrected chi connectivity index (χ0v) is 17.0. The second-order valence-corrected chi connectivity index (χ2v) is 8.80. The first-order valence-corrected chi connectivity index (χ1v) is 9.83. The zero-order valence-electron chi connectivity index (χ0n) is 17.0. The number of ketones is 1. The minimum atomic E-state index is -1.50. The van der Waals surface area contributed by atoms with Gasteiger partial charge in [-0.1, -0.05) is 63.6 Å². The lowest BCUT2D eigenvalue weighted by Crippen LogP contribution is -2.64. The number of hydrogen-bond acceptors (Lipinski definition) is 4. The Kier molecular flexibility index (Phi) is 6.67. The Labute approximate surface area is 163 Å². The van der Waals surface area contributed by atoms with Gasteiger partial charge >= 0.3 is 0 Å². The summed E-state index contributed by atoms with van der Waals surface area (Å²) in [6.07, 6.45) is 15.1. The van der Waals surface area contributed by atoms with Gasteiger partial charge in [-0.05, 0) is 42.7 Å². The van der Waals surface area contributed by atoms with E-state index >= 15 is 0 Å². The summed E-state index contributed by atoms with van der Waals surface area (Å²) in [6.45, 7) is 7.35. The molecule has 0 aromatic carbocycles. The normalized spacial score (nSPS) is 36.3. The fourth-order valence-electron chi connectivity index (χ4n) is 5.46. The standard InChI is InChI=1S/C23H34O4/c1-5-6-7-8-9-11-19(26)18-14-17(15-24)23(27,16-25)22(4)13-10-12-21(2,3)20(18)22/h5-9,11,14,18,20,24-25,27H,10,12-13,15-16H2,1-4H3/b6-5+,8-7+,11-9+/t18-,20-,22-,23+/m0/s1. The summed E-state index contributed by atoms with van der Waals surface area (Å²) in [5.41, 5.74) is -1.98. The van der Waals surface area contributed by atoms with Crippen LogP contribution in [0.15, 0.2) is 48.1 Å². The monoisotopic (exact) mass is 374 g/mol. The molecule has 4 atom stereocenters. The van der Waals surface area contributed by atoms with Crippen LogP contribution in [0.1, 0.15) is 47.0 Å². The highest BCUT2D eigenvalue weighted by atomic mass is 16.3. The van der Waals surface area contributed by atoms with Crippen molar-refractivity contribution < 1.29 is 20.1 Å². The minimum absolute atomic E-state index is 0.0303. The molecule has 0 saturated heterocycles. The molecule has 0 bridgehead atoms. The molecule has 150 valence electrons. The number of hydrogen-bond donors (Lipinski definition) is 3. The van der Waals surface area contributed by atoms with Gasteiger partial charge in [-0.25, -0.2) is 0 Å². The molecule has 0 spiro atoms. The van der Waals surface area contributed by atoms with Gasteiger partial charge in [0.15, 0.2) is 5.78 Å². The van der Waals surface area contributed by atoms with Gasteiger partial charge in [-0.2, -0.15) is 0 Å². The van der Waals surface area contributed by atoms with Crippen LogP contribution >= 0.6 is 0 Å². The van der Waals surface area contributed by atoms with Crippen LogP contribution in [0.2, 0.25) is 0 Å². The van der Waals surface area contributed by atoms with Crippen LogP contribution in [0, 0.1) is 22.7 Å². The van der Waals surface area contributed by atoms with E-state index in [1.807, 2.05) is 38.2 Å². The van der Waals surface area contributed by atoms with Crippen LogP contribution in [-0.2, 0) is 4.79 Å². The molecule has 1 saturated carbocycles.